The quantitative estimate of drug-likeness (QED) is 0.680. The molecule has 140 valence electrons. The van der Waals surface area contributed by atoms with Crippen molar-refractivity contribution in [2.75, 3.05) is 31.8 Å². The van der Waals surface area contributed by atoms with Gasteiger partial charge in [0.25, 0.3) is 5.91 Å². The Kier molecular flexibility index (Phi) is 5.03. The summed E-state index contributed by atoms with van der Waals surface area (Å²) >= 11 is 0. The number of benzene rings is 2. The standard InChI is InChI=1S/C20H21N3O4/c1-23(2)20(26)14-8-5-9-15(19(14)25)22-18-16(11-17(18)24)21-12-6-4-7-13(10-12)27-3/h4-10,21-22,25H,11H2,1-3H3. The highest BCUT2D eigenvalue weighted by Crippen LogP contribution is 2.33. The fourth-order valence-electron chi connectivity index (χ4n) is 2.72. The number of hydrogen-bond acceptors (Lipinski definition) is 6. The van der Waals surface area contributed by atoms with Gasteiger partial charge in [0.1, 0.15) is 11.4 Å². The van der Waals surface area contributed by atoms with E-state index in [1.54, 1.807) is 33.3 Å². The van der Waals surface area contributed by atoms with Crippen molar-refractivity contribution in [2.24, 2.45) is 0 Å². The Balaban J connectivity index is 1.85. The van der Waals surface area contributed by atoms with Crippen molar-refractivity contribution in [3.05, 3.63) is 59.4 Å². The first-order valence-electron chi connectivity index (χ1n) is 8.38. The van der Waals surface area contributed by atoms with E-state index >= 15 is 0 Å². The van der Waals surface area contributed by atoms with Crippen LogP contribution in [0, 0.1) is 0 Å². The second-order valence-corrected chi connectivity index (χ2v) is 6.34. The number of nitrogens with one attached hydrogen (secondary N) is 2. The third-order valence-corrected chi connectivity index (χ3v) is 4.22. The Labute approximate surface area is 157 Å². The minimum absolute atomic E-state index is 0.0795. The molecule has 3 N–H and O–H groups in total. The molecule has 0 radical (unpaired) electrons. The summed E-state index contributed by atoms with van der Waals surface area (Å²) in [6.45, 7) is 0. The van der Waals surface area contributed by atoms with E-state index in [0.717, 1.165) is 5.69 Å². The SMILES string of the molecule is COc1cccc(NC2=C(Nc3cccc(C(=O)N(C)C)c3O)C(=O)C2)c1. The first-order chi connectivity index (χ1) is 12.9. The molecule has 0 atom stereocenters. The van der Waals surface area contributed by atoms with Crippen molar-refractivity contribution in [1.82, 2.24) is 4.90 Å². The number of phenols is 1. The Hall–Kier alpha value is -3.48. The van der Waals surface area contributed by atoms with Gasteiger partial charge in [-0.15, -0.1) is 0 Å². The van der Waals surface area contributed by atoms with E-state index in [1.165, 1.54) is 11.0 Å². The van der Waals surface area contributed by atoms with Crippen LogP contribution in [0.15, 0.2) is 53.9 Å². The van der Waals surface area contributed by atoms with Gasteiger partial charge in [0.15, 0.2) is 11.5 Å². The van der Waals surface area contributed by atoms with Crippen LogP contribution in [0.1, 0.15) is 16.8 Å². The molecule has 2 aromatic rings. The van der Waals surface area contributed by atoms with Gasteiger partial charge in [0.2, 0.25) is 0 Å². The molecule has 7 heteroatoms. The predicted molar refractivity (Wildman–Crippen MR) is 103 cm³/mol. The maximum atomic E-state index is 12.2. The van der Waals surface area contributed by atoms with Gasteiger partial charge < -0.3 is 25.4 Å². The molecule has 1 amide bonds. The van der Waals surface area contributed by atoms with Crippen LogP contribution < -0.4 is 15.4 Å². The summed E-state index contributed by atoms with van der Waals surface area (Å²) < 4.78 is 5.19. The third-order valence-electron chi connectivity index (χ3n) is 4.22. The fourth-order valence-corrected chi connectivity index (χ4v) is 2.72. The number of carbonyl (C=O) groups excluding carboxylic acids is 2. The number of methoxy groups -OCH3 is 1. The number of rotatable bonds is 6. The van der Waals surface area contributed by atoms with Gasteiger partial charge in [-0.3, -0.25) is 9.59 Å². The zero-order valence-corrected chi connectivity index (χ0v) is 15.4. The maximum absolute atomic E-state index is 12.2. The third kappa shape index (κ3) is 3.72. The number of phenolic OH excluding ortho intramolecular Hbond substituents is 1. The lowest BCUT2D eigenvalue weighted by molar-refractivity contribution is -0.116. The zero-order valence-electron chi connectivity index (χ0n) is 15.4. The number of Topliss-reactive ketones (excluding diaryl/α,β-unsaturated/α-hetero) is 1. The van der Waals surface area contributed by atoms with Crippen molar-refractivity contribution < 1.29 is 19.4 Å². The largest absolute Gasteiger partial charge is 0.505 e. The number of para-hydroxylation sites is 1. The minimum Gasteiger partial charge on any atom is -0.505 e. The van der Waals surface area contributed by atoms with E-state index in [-0.39, 0.29) is 29.4 Å². The highest BCUT2D eigenvalue weighted by molar-refractivity contribution is 6.08. The number of aromatic hydroxyl groups is 1. The number of anilines is 2. The number of ketones is 1. The number of hydrogen-bond donors (Lipinski definition) is 3. The van der Waals surface area contributed by atoms with E-state index in [0.29, 0.717) is 22.8 Å². The average Bonchev–Trinajstić information content (AvgIpc) is 2.66. The van der Waals surface area contributed by atoms with Crippen LogP contribution >= 0.6 is 0 Å². The van der Waals surface area contributed by atoms with Crippen LogP contribution in [-0.2, 0) is 4.79 Å². The van der Waals surface area contributed by atoms with Crippen molar-refractivity contribution in [2.45, 2.75) is 6.42 Å². The Morgan fingerprint density at radius 2 is 1.89 bits per heavy atom. The molecule has 1 aliphatic rings. The molecule has 2 aromatic carbocycles. The maximum Gasteiger partial charge on any atom is 0.257 e. The molecule has 0 unspecified atom stereocenters. The van der Waals surface area contributed by atoms with Crippen LogP contribution in [0.2, 0.25) is 0 Å². The second kappa shape index (κ2) is 7.41. The molecule has 0 bridgehead atoms. The molecule has 3 rings (SSSR count). The van der Waals surface area contributed by atoms with Gasteiger partial charge in [-0.05, 0) is 24.3 Å². The van der Waals surface area contributed by atoms with Crippen molar-refractivity contribution >= 4 is 23.1 Å². The Bertz CT molecular complexity index is 935. The molecular formula is C20H21N3O4. The van der Waals surface area contributed by atoms with Gasteiger partial charge >= 0.3 is 0 Å². The molecule has 0 fully saturated rings. The number of nitrogens with zero attached hydrogens (tertiary/aromatic N) is 1. The van der Waals surface area contributed by atoms with Gasteiger partial charge in [0.05, 0.1) is 30.5 Å². The lowest BCUT2D eigenvalue weighted by Gasteiger charge is -2.25. The summed E-state index contributed by atoms with van der Waals surface area (Å²) in [6, 6.07) is 12.2. The molecule has 0 spiro atoms. The van der Waals surface area contributed by atoms with E-state index < -0.39 is 0 Å². The smallest absolute Gasteiger partial charge is 0.257 e. The topological polar surface area (TPSA) is 90.9 Å². The van der Waals surface area contributed by atoms with Gasteiger partial charge in [-0.2, -0.15) is 0 Å². The van der Waals surface area contributed by atoms with Crippen molar-refractivity contribution in [1.29, 1.82) is 0 Å². The lowest BCUT2D eigenvalue weighted by atomic mass is 9.98. The highest BCUT2D eigenvalue weighted by Gasteiger charge is 2.29. The number of amides is 1. The van der Waals surface area contributed by atoms with Crippen LogP contribution in [0.25, 0.3) is 0 Å². The highest BCUT2D eigenvalue weighted by atomic mass is 16.5. The monoisotopic (exact) mass is 367 g/mol. The van der Waals surface area contributed by atoms with Gasteiger partial charge in [0, 0.05) is 25.8 Å². The summed E-state index contributed by atoms with van der Waals surface area (Å²) in [5.74, 6) is 0.112. The number of ether oxygens (including phenoxy) is 1. The molecular weight excluding hydrogens is 346 g/mol. The van der Waals surface area contributed by atoms with Crippen LogP contribution in [0.5, 0.6) is 11.5 Å². The fraction of sp³-hybridized carbons (Fsp3) is 0.200. The molecule has 0 saturated carbocycles. The van der Waals surface area contributed by atoms with Crippen molar-refractivity contribution in [3.63, 3.8) is 0 Å². The second-order valence-electron chi connectivity index (χ2n) is 6.34. The van der Waals surface area contributed by atoms with E-state index in [9.17, 15) is 14.7 Å². The summed E-state index contributed by atoms with van der Waals surface area (Å²) in [6.07, 6.45) is 0.261. The molecule has 0 aliphatic heterocycles. The molecule has 27 heavy (non-hydrogen) atoms. The Morgan fingerprint density at radius 3 is 2.56 bits per heavy atom. The van der Waals surface area contributed by atoms with Crippen molar-refractivity contribution in [3.8, 4) is 11.5 Å². The zero-order chi connectivity index (χ0) is 19.6. The van der Waals surface area contributed by atoms with E-state index in [2.05, 4.69) is 10.6 Å². The first kappa shape index (κ1) is 18.3. The van der Waals surface area contributed by atoms with E-state index in [4.69, 9.17) is 4.74 Å². The summed E-state index contributed by atoms with van der Waals surface area (Å²) in [5, 5.41) is 16.6. The normalized spacial score (nSPS) is 13.1. The summed E-state index contributed by atoms with van der Waals surface area (Å²) in [5.41, 5.74) is 2.33. The molecule has 0 aromatic heterocycles. The minimum atomic E-state index is -0.320. The molecule has 0 heterocycles. The first-order valence-corrected chi connectivity index (χ1v) is 8.38. The van der Waals surface area contributed by atoms with Gasteiger partial charge in [-0.1, -0.05) is 12.1 Å². The van der Waals surface area contributed by atoms with E-state index in [1.807, 2.05) is 24.3 Å². The van der Waals surface area contributed by atoms with Gasteiger partial charge in [-0.25, -0.2) is 0 Å². The van der Waals surface area contributed by atoms with Crippen LogP contribution in [0.3, 0.4) is 0 Å². The lowest BCUT2D eigenvalue weighted by Crippen LogP contribution is -2.28. The summed E-state index contributed by atoms with van der Waals surface area (Å²) in [4.78, 5) is 25.6. The van der Waals surface area contributed by atoms with Crippen LogP contribution in [-0.4, -0.2) is 42.9 Å². The Morgan fingerprint density at radius 1 is 1.15 bits per heavy atom. The predicted octanol–water partition coefficient (Wildman–Crippen LogP) is 2.81. The average molecular weight is 367 g/mol. The van der Waals surface area contributed by atoms with Crippen LogP contribution in [0.4, 0.5) is 11.4 Å². The molecule has 0 saturated heterocycles. The number of allylic oxidation sites excluding steroid dienone is 2. The number of carbonyl (C=O) groups is 2. The molecule has 7 nitrogen and oxygen atoms in total. The molecule has 1 aliphatic carbocycles. The summed E-state index contributed by atoms with van der Waals surface area (Å²) in [7, 11) is 4.80.